The highest BCUT2D eigenvalue weighted by Crippen LogP contribution is 2.24. The van der Waals surface area contributed by atoms with Crippen molar-refractivity contribution in [3.8, 4) is 0 Å². The third-order valence-electron chi connectivity index (χ3n) is 2.48. The molecule has 0 aliphatic rings. The van der Waals surface area contributed by atoms with Crippen molar-refractivity contribution in [3.63, 3.8) is 0 Å². The Morgan fingerprint density at radius 1 is 1.32 bits per heavy atom. The summed E-state index contributed by atoms with van der Waals surface area (Å²) < 4.78 is 26.8. The SMILES string of the molecule is C[C@H](CNS(=O)(=O)c1cc(Cl)ccc1Cl)CN(C)C. The average Bonchev–Trinajstić information content (AvgIpc) is 2.29. The van der Waals surface area contributed by atoms with Crippen LogP contribution in [0.5, 0.6) is 0 Å². The predicted octanol–water partition coefficient (Wildman–Crippen LogP) is 2.47. The molecule has 0 aromatic heterocycles. The minimum Gasteiger partial charge on any atom is -0.309 e. The van der Waals surface area contributed by atoms with E-state index < -0.39 is 10.0 Å². The molecule has 0 radical (unpaired) electrons. The molecule has 0 fully saturated rings. The van der Waals surface area contributed by atoms with Crippen molar-refractivity contribution in [2.75, 3.05) is 27.2 Å². The molecule has 19 heavy (non-hydrogen) atoms. The van der Waals surface area contributed by atoms with Gasteiger partial charge in [-0.2, -0.15) is 0 Å². The number of hydrogen-bond acceptors (Lipinski definition) is 3. The first-order chi connectivity index (χ1) is 8.72. The molecule has 0 aliphatic heterocycles. The van der Waals surface area contributed by atoms with Crippen molar-refractivity contribution < 1.29 is 8.42 Å². The van der Waals surface area contributed by atoms with Crippen molar-refractivity contribution in [1.29, 1.82) is 0 Å². The van der Waals surface area contributed by atoms with Crippen molar-refractivity contribution in [1.82, 2.24) is 9.62 Å². The van der Waals surface area contributed by atoms with Gasteiger partial charge in [0.25, 0.3) is 0 Å². The highest BCUT2D eigenvalue weighted by molar-refractivity contribution is 7.89. The molecular weight excluding hydrogens is 307 g/mol. The zero-order valence-electron chi connectivity index (χ0n) is 11.2. The summed E-state index contributed by atoms with van der Waals surface area (Å²) in [7, 11) is 0.257. The Bertz CT molecular complexity index is 533. The standard InChI is InChI=1S/C12H18Cl2N2O2S/c1-9(8-16(2)3)7-15-19(17,18)12-6-10(13)4-5-11(12)14/h4-6,9,15H,7-8H2,1-3H3/t9-/m1/s1. The lowest BCUT2D eigenvalue weighted by molar-refractivity contribution is 0.339. The number of hydrogen-bond donors (Lipinski definition) is 1. The first-order valence-corrected chi connectivity index (χ1v) is 8.05. The van der Waals surface area contributed by atoms with Gasteiger partial charge in [0, 0.05) is 18.1 Å². The van der Waals surface area contributed by atoms with E-state index in [1.807, 2.05) is 25.9 Å². The third kappa shape index (κ3) is 5.28. The van der Waals surface area contributed by atoms with E-state index in [-0.39, 0.29) is 15.8 Å². The maximum absolute atomic E-state index is 12.1. The van der Waals surface area contributed by atoms with E-state index in [1.165, 1.54) is 12.1 Å². The molecule has 7 heteroatoms. The zero-order chi connectivity index (χ0) is 14.6. The maximum Gasteiger partial charge on any atom is 0.242 e. The number of halogens is 2. The third-order valence-corrected chi connectivity index (χ3v) is 4.62. The number of nitrogens with one attached hydrogen (secondary N) is 1. The highest BCUT2D eigenvalue weighted by Gasteiger charge is 2.19. The minimum atomic E-state index is -3.63. The number of sulfonamides is 1. The molecule has 0 unspecified atom stereocenters. The summed E-state index contributed by atoms with van der Waals surface area (Å²) in [5, 5.41) is 0.503. The van der Waals surface area contributed by atoms with Crippen LogP contribution in [0.15, 0.2) is 23.1 Å². The molecule has 108 valence electrons. The minimum absolute atomic E-state index is 0.0127. The van der Waals surface area contributed by atoms with Crippen molar-refractivity contribution >= 4 is 33.2 Å². The monoisotopic (exact) mass is 324 g/mol. The lowest BCUT2D eigenvalue weighted by Crippen LogP contribution is -2.33. The van der Waals surface area contributed by atoms with Crippen LogP contribution in [0.2, 0.25) is 10.0 Å². The molecular formula is C12H18Cl2N2O2S. The van der Waals surface area contributed by atoms with Gasteiger partial charge >= 0.3 is 0 Å². The second-order valence-corrected chi connectivity index (χ2v) is 7.37. The van der Waals surface area contributed by atoms with Crippen LogP contribution in [0.3, 0.4) is 0 Å². The van der Waals surface area contributed by atoms with Gasteiger partial charge in [0.15, 0.2) is 0 Å². The van der Waals surface area contributed by atoms with Gasteiger partial charge < -0.3 is 4.90 Å². The molecule has 0 saturated carbocycles. The van der Waals surface area contributed by atoms with Crippen molar-refractivity contribution in [3.05, 3.63) is 28.2 Å². The normalized spacial score (nSPS) is 13.8. The predicted molar refractivity (Wildman–Crippen MR) is 79.4 cm³/mol. The van der Waals surface area contributed by atoms with Crippen molar-refractivity contribution in [2.45, 2.75) is 11.8 Å². The van der Waals surface area contributed by atoms with Gasteiger partial charge in [-0.15, -0.1) is 0 Å². The molecule has 0 heterocycles. The summed E-state index contributed by atoms with van der Waals surface area (Å²) in [4.78, 5) is 2.02. The van der Waals surface area contributed by atoms with Crippen LogP contribution in [0, 0.1) is 5.92 Å². The smallest absolute Gasteiger partial charge is 0.242 e. The average molecular weight is 325 g/mol. The van der Waals surface area contributed by atoms with E-state index in [4.69, 9.17) is 23.2 Å². The van der Waals surface area contributed by atoms with Crippen LogP contribution in [0.4, 0.5) is 0 Å². The topological polar surface area (TPSA) is 49.4 Å². The molecule has 0 bridgehead atoms. The van der Waals surface area contributed by atoms with Gasteiger partial charge in [0.1, 0.15) is 4.90 Å². The fourth-order valence-corrected chi connectivity index (χ4v) is 3.63. The lowest BCUT2D eigenvalue weighted by atomic mass is 10.2. The van der Waals surface area contributed by atoms with Crippen LogP contribution in [0.1, 0.15) is 6.92 Å². The second kappa shape index (κ2) is 6.90. The number of benzene rings is 1. The highest BCUT2D eigenvalue weighted by atomic mass is 35.5. The Morgan fingerprint density at radius 2 is 1.95 bits per heavy atom. The molecule has 1 N–H and O–H groups in total. The first kappa shape index (κ1) is 16.7. The Balaban J connectivity index is 2.79. The van der Waals surface area contributed by atoms with Crippen LogP contribution in [0.25, 0.3) is 0 Å². The fourth-order valence-electron chi connectivity index (χ4n) is 1.70. The lowest BCUT2D eigenvalue weighted by Gasteiger charge is -2.17. The van der Waals surface area contributed by atoms with Crippen molar-refractivity contribution in [2.24, 2.45) is 5.92 Å². The molecule has 1 rings (SSSR count). The van der Waals surface area contributed by atoms with Gasteiger partial charge in [-0.05, 0) is 38.2 Å². The van der Waals surface area contributed by atoms with Gasteiger partial charge in [0.2, 0.25) is 10.0 Å². The van der Waals surface area contributed by atoms with E-state index in [2.05, 4.69) is 4.72 Å². The summed E-state index contributed by atoms with van der Waals surface area (Å²) in [5.74, 6) is 0.197. The van der Waals surface area contributed by atoms with Crippen LogP contribution < -0.4 is 4.72 Å². The largest absolute Gasteiger partial charge is 0.309 e. The molecule has 0 saturated heterocycles. The van der Waals surface area contributed by atoms with E-state index >= 15 is 0 Å². The van der Waals surface area contributed by atoms with Gasteiger partial charge in [-0.1, -0.05) is 30.1 Å². The van der Waals surface area contributed by atoms with Crippen LogP contribution in [-0.4, -0.2) is 40.5 Å². The first-order valence-electron chi connectivity index (χ1n) is 5.82. The number of nitrogens with zero attached hydrogens (tertiary/aromatic N) is 1. The Labute approximate surface area is 124 Å². The summed E-state index contributed by atoms with van der Waals surface area (Å²) >= 11 is 11.7. The molecule has 0 aliphatic carbocycles. The molecule has 1 atom stereocenters. The quantitative estimate of drug-likeness (QED) is 0.874. The molecule has 1 aromatic carbocycles. The molecule has 4 nitrogen and oxygen atoms in total. The molecule has 0 spiro atoms. The van der Waals surface area contributed by atoms with E-state index in [0.29, 0.717) is 11.6 Å². The summed E-state index contributed by atoms with van der Waals surface area (Å²) in [6.07, 6.45) is 0. The molecule has 0 amide bonds. The molecule has 1 aromatic rings. The Morgan fingerprint density at radius 3 is 2.53 bits per heavy atom. The van der Waals surface area contributed by atoms with Crippen LogP contribution in [-0.2, 0) is 10.0 Å². The van der Waals surface area contributed by atoms with Gasteiger partial charge in [0.05, 0.1) is 5.02 Å². The number of rotatable bonds is 6. The Kier molecular flexibility index (Phi) is 6.08. The van der Waals surface area contributed by atoms with E-state index in [9.17, 15) is 8.42 Å². The second-order valence-electron chi connectivity index (χ2n) is 4.79. The maximum atomic E-state index is 12.1. The van der Waals surface area contributed by atoms with E-state index in [0.717, 1.165) is 6.54 Å². The van der Waals surface area contributed by atoms with E-state index in [1.54, 1.807) is 6.07 Å². The van der Waals surface area contributed by atoms with Gasteiger partial charge in [-0.25, -0.2) is 13.1 Å². The summed E-state index contributed by atoms with van der Waals surface area (Å²) in [5.41, 5.74) is 0. The fraction of sp³-hybridized carbons (Fsp3) is 0.500. The summed E-state index contributed by atoms with van der Waals surface area (Å²) in [6.45, 7) is 3.12. The summed E-state index contributed by atoms with van der Waals surface area (Å²) in [6, 6.07) is 4.38. The van der Waals surface area contributed by atoms with Gasteiger partial charge in [-0.3, -0.25) is 0 Å². The Hall–Kier alpha value is -0.330. The van der Waals surface area contributed by atoms with Crippen LogP contribution >= 0.6 is 23.2 Å². The zero-order valence-corrected chi connectivity index (χ0v) is 13.5.